The quantitative estimate of drug-likeness (QED) is 0.849. The second-order valence-electron chi connectivity index (χ2n) is 6.44. The average molecular weight is 324 g/mol. The third-order valence-corrected chi connectivity index (χ3v) is 5.20. The average Bonchev–Trinajstić information content (AvgIpc) is 2.54. The van der Waals surface area contributed by atoms with Crippen LogP contribution in [0.3, 0.4) is 0 Å². The molecule has 2 aliphatic heterocycles. The smallest absolute Gasteiger partial charge is 0.0642 e. The molecule has 0 bridgehead atoms. The van der Waals surface area contributed by atoms with E-state index in [1.54, 1.807) is 0 Å². The summed E-state index contributed by atoms with van der Waals surface area (Å²) in [7, 11) is 2.20. The van der Waals surface area contributed by atoms with E-state index in [9.17, 15) is 0 Å². The highest BCUT2D eigenvalue weighted by molar-refractivity contribution is 6.31. The molecule has 2 saturated heterocycles. The van der Waals surface area contributed by atoms with E-state index in [-0.39, 0.29) is 0 Å². The summed E-state index contributed by atoms with van der Waals surface area (Å²) < 4.78 is 5.41. The van der Waals surface area contributed by atoms with E-state index in [1.165, 1.54) is 11.3 Å². The summed E-state index contributed by atoms with van der Waals surface area (Å²) in [5, 5.41) is 0.885. The van der Waals surface area contributed by atoms with Crippen molar-refractivity contribution in [2.75, 3.05) is 57.9 Å². The summed E-state index contributed by atoms with van der Waals surface area (Å²) in [6, 6.07) is 7.12. The van der Waals surface area contributed by atoms with Crippen LogP contribution in [0.15, 0.2) is 18.2 Å². The molecule has 0 saturated carbocycles. The van der Waals surface area contributed by atoms with Gasteiger partial charge in [-0.2, -0.15) is 0 Å². The molecule has 3 rings (SSSR count). The number of hydrogen-bond donors (Lipinski definition) is 0. The molecule has 1 aromatic carbocycles. The summed E-state index contributed by atoms with van der Waals surface area (Å²) in [6.07, 6.45) is 0. The normalized spacial score (nSPS) is 24.7. The molecule has 0 unspecified atom stereocenters. The second-order valence-corrected chi connectivity index (χ2v) is 6.85. The predicted molar refractivity (Wildman–Crippen MR) is 91.9 cm³/mol. The highest BCUT2D eigenvalue weighted by atomic mass is 35.5. The minimum atomic E-state index is 0.611. The lowest BCUT2D eigenvalue weighted by Gasteiger charge is -2.37. The number of benzene rings is 1. The van der Waals surface area contributed by atoms with Crippen LogP contribution < -0.4 is 4.90 Å². The highest BCUT2D eigenvalue weighted by Crippen LogP contribution is 2.26. The third kappa shape index (κ3) is 3.74. The molecule has 0 amide bonds. The fraction of sp³-hybridized carbons (Fsp3) is 0.647. The van der Waals surface area contributed by atoms with Crippen molar-refractivity contribution >= 4 is 17.3 Å². The summed E-state index contributed by atoms with van der Waals surface area (Å²) in [4.78, 5) is 7.26. The highest BCUT2D eigenvalue weighted by Gasteiger charge is 2.21. The van der Waals surface area contributed by atoms with Gasteiger partial charge in [-0.05, 0) is 31.7 Å². The molecule has 2 aliphatic rings. The fourth-order valence-electron chi connectivity index (χ4n) is 3.19. The van der Waals surface area contributed by atoms with Crippen molar-refractivity contribution in [3.8, 4) is 0 Å². The van der Waals surface area contributed by atoms with Crippen LogP contribution in [0.5, 0.6) is 0 Å². The van der Waals surface area contributed by atoms with Crippen LogP contribution in [0, 0.1) is 0 Å². The summed E-state index contributed by atoms with van der Waals surface area (Å²) >= 11 is 6.54. The van der Waals surface area contributed by atoms with Crippen molar-refractivity contribution in [2.24, 2.45) is 0 Å². The Hall–Kier alpha value is -0.810. The molecule has 0 spiro atoms. The molecule has 5 heteroatoms. The molecule has 1 aromatic rings. The molecule has 2 fully saturated rings. The van der Waals surface area contributed by atoms with Gasteiger partial charge in [0.05, 0.1) is 13.2 Å². The van der Waals surface area contributed by atoms with Gasteiger partial charge < -0.3 is 14.5 Å². The molecule has 0 aliphatic carbocycles. The number of halogens is 1. The predicted octanol–water partition coefficient (Wildman–Crippen LogP) is 2.31. The number of likely N-dealkylation sites (N-methyl/N-ethyl adjacent to an activating group) is 1. The Morgan fingerprint density at radius 3 is 2.64 bits per heavy atom. The Kier molecular flexibility index (Phi) is 5.24. The Morgan fingerprint density at radius 2 is 1.95 bits per heavy atom. The van der Waals surface area contributed by atoms with Crippen LogP contribution >= 0.6 is 11.6 Å². The van der Waals surface area contributed by atoms with Crippen molar-refractivity contribution < 1.29 is 4.74 Å². The van der Waals surface area contributed by atoms with Crippen LogP contribution in [0.4, 0.5) is 5.69 Å². The van der Waals surface area contributed by atoms with Crippen molar-refractivity contribution in [1.82, 2.24) is 9.80 Å². The summed E-state index contributed by atoms with van der Waals surface area (Å²) in [6.45, 7) is 10.1. The maximum absolute atomic E-state index is 6.54. The van der Waals surface area contributed by atoms with Gasteiger partial charge in [0.2, 0.25) is 0 Å². The first kappa shape index (κ1) is 16.1. The van der Waals surface area contributed by atoms with Crippen molar-refractivity contribution in [2.45, 2.75) is 19.5 Å². The largest absolute Gasteiger partial charge is 0.378 e. The van der Waals surface area contributed by atoms with E-state index in [4.69, 9.17) is 16.3 Å². The molecule has 0 N–H and O–H groups in total. The molecule has 0 aromatic heterocycles. The Balaban J connectivity index is 1.64. The number of hydrogen-bond acceptors (Lipinski definition) is 4. The number of piperazine rings is 1. The second kappa shape index (κ2) is 7.18. The monoisotopic (exact) mass is 323 g/mol. The van der Waals surface area contributed by atoms with Crippen LogP contribution in [-0.4, -0.2) is 68.8 Å². The van der Waals surface area contributed by atoms with Crippen LogP contribution in [-0.2, 0) is 11.3 Å². The van der Waals surface area contributed by atoms with E-state index in [2.05, 4.69) is 46.9 Å². The van der Waals surface area contributed by atoms with Gasteiger partial charge in [0, 0.05) is 56.0 Å². The Morgan fingerprint density at radius 1 is 1.18 bits per heavy atom. The molecular weight excluding hydrogens is 298 g/mol. The first-order chi connectivity index (χ1) is 10.6. The molecule has 0 radical (unpaired) electrons. The molecule has 4 nitrogen and oxygen atoms in total. The first-order valence-corrected chi connectivity index (χ1v) is 8.55. The molecule has 2 heterocycles. The number of anilines is 1. The fourth-order valence-corrected chi connectivity index (χ4v) is 3.43. The minimum absolute atomic E-state index is 0.611. The lowest BCUT2D eigenvalue weighted by Crippen LogP contribution is -2.49. The number of ether oxygens (including phenoxy) is 1. The molecule has 1 atom stereocenters. The topological polar surface area (TPSA) is 19.0 Å². The van der Waals surface area contributed by atoms with E-state index < -0.39 is 0 Å². The van der Waals surface area contributed by atoms with Gasteiger partial charge >= 0.3 is 0 Å². The summed E-state index contributed by atoms with van der Waals surface area (Å²) in [5.74, 6) is 0. The van der Waals surface area contributed by atoms with Crippen molar-refractivity contribution in [3.63, 3.8) is 0 Å². The van der Waals surface area contributed by atoms with E-state index in [0.717, 1.165) is 57.5 Å². The molecular formula is C17H26ClN3O. The van der Waals surface area contributed by atoms with Gasteiger partial charge in [0.15, 0.2) is 0 Å². The SMILES string of the molecule is C[C@H]1CN(Cc2ccc(N3CCOCC3)cc2Cl)CCN1C. The number of rotatable bonds is 3. The van der Waals surface area contributed by atoms with Crippen molar-refractivity contribution in [1.29, 1.82) is 0 Å². The third-order valence-electron chi connectivity index (χ3n) is 4.85. The molecule has 122 valence electrons. The summed E-state index contributed by atoms with van der Waals surface area (Å²) in [5.41, 5.74) is 2.44. The maximum atomic E-state index is 6.54. The molecule has 22 heavy (non-hydrogen) atoms. The van der Waals surface area contributed by atoms with Crippen LogP contribution in [0.2, 0.25) is 5.02 Å². The zero-order chi connectivity index (χ0) is 15.5. The minimum Gasteiger partial charge on any atom is -0.378 e. The van der Waals surface area contributed by atoms with E-state index in [0.29, 0.717) is 6.04 Å². The van der Waals surface area contributed by atoms with Gasteiger partial charge in [-0.3, -0.25) is 4.90 Å². The van der Waals surface area contributed by atoms with Crippen LogP contribution in [0.25, 0.3) is 0 Å². The lowest BCUT2D eigenvalue weighted by atomic mass is 10.1. The Bertz CT molecular complexity index is 505. The zero-order valence-electron chi connectivity index (χ0n) is 13.6. The van der Waals surface area contributed by atoms with Gasteiger partial charge in [0.1, 0.15) is 0 Å². The number of nitrogens with zero attached hydrogens (tertiary/aromatic N) is 3. The van der Waals surface area contributed by atoms with Crippen LogP contribution in [0.1, 0.15) is 12.5 Å². The first-order valence-electron chi connectivity index (χ1n) is 8.17. The Labute approximate surface area is 138 Å². The lowest BCUT2D eigenvalue weighted by molar-refractivity contribution is 0.1000. The van der Waals surface area contributed by atoms with Gasteiger partial charge in [0.25, 0.3) is 0 Å². The van der Waals surface area contributed by atoms with E-state index >= 15 is 0 Å². The van der Waals surface area contributed by atoms with Crippen molar-refractivity contribution in [3.05, 3.63) is 28.8 Å². The maximum Gasteiger partial charge on any atom is 0.0642 e. The van der Waals surface area contributed by atoms with Gasteiger partial charge in [-0.15, -0.1) is 0 Å². The van der Waals surface area contributed by atoms with E-state index in [1.807, 2.05) is 0 Å². The zero-order valence-corrected chi connectivity index (χ0v) is 14.4. The standard InChI is InChI=1S/C17H26ClN3O/c1-14-12-20(6-5-19(14)2)13-15-3-4-16(11-17(15)18)21-7-9-22-10-8-21/h3-4,11,14H,5-10,12-13H2,1-2H3/t14-/m0/s1. The van der Waals surface area contributed by atoms with Gasteiger partial charge in [-0.1, -0.05) is 17.7 Å². The number of morpholine rings is 1. The van der Waals surface area contributed by atoms with Gasteiger partial charge in [-0.25, -0.2) is 0 Å².